The summed E-state index contributed by atoms with van der Waals surface area (Å²) < 4.78 is 53.5. The third-order valence-electron chi connectivity index (χ3n) is 4.18. The highest BCUT2D eigenvalue weighted by molar-refractivity contribution is 7.97. The second kappa shape index (κ2) is 7.36. The maximum Gasteiger partial charge on any atom is 0.573 e. The zero-order chi connectivity index (χ0) is 20.6. The van der Waals surface area contributed by atoms with E-state index < -0.39 is 29.0 Å². The van der Waals surface area contributed by atoms with Crippen LogP contribution in [0.3, 0.4) is 0 Å². The number of methoxy groups -OCH3 is 1. The summed E-state index contributed by atoms with van der Waals surface area (Å²) in [6.45, 7) is 0. The Morgan fingerprint density at radius 2 is 1.52 bits per heavy atom. The van der Waals surface area contributed by atoms with Gasteiger partial charge in [-0.3, -0.25) is 0 Å². The fraction of sp³-hybridized carbons (Fsp3) is 0.0952. The lowest BCUT2D eigenvalue weighted by Crippen LogP contribution is -2.20. The van der Waals surface area contributed by atoms with Crippen molar-refractivity contribution in [3.05, 3.63) is 72.3 Å². The summed E-state index contributed by atoms with van der Waals surface area (Å²) in [5, 5.41) is 0. The molecular weight excluding hydrogens is 405 g/mol. The summed E-state index contributed by atoms with van der Waals surface area (Å²) in [6, 6.07) is 18.8. The van der Waals surface area contributed by atoms with Gasteiger partial charge in [0.15, 0.2) is 16.4 Å². The second-order valence-electron chi connectivity index (χ2n) is 6.00. The molecule has 1 heterocycles. The maximum absolute atomic E-state index is 12.9. The van der Waals surface area contributed by atoms with Gasteiger partial charge in [0.1, 0.15) is 22.2 Å². The molecule has 3 aromatic rings. The van der Waals surface area contributed by atoms with Gasteiger partial charge in [-0.2, -0.15) is 0 Å². The van der Waals surface area contributed by atoms with E-state index in [-0.39, 0.29) is 5.56 Å². The van der Waals surface area contributed by atoms with Crippen LogP contribution in [0.2, 0.25) is 0 Å². The topological polar surface area (TPSA) is 44.8 Å². The third-order valence-corrected chi connectivity index (χ3v) is 6.46. The largest absolute Gasteiger partial charge is 0.573 e. The number of para-hydroxylation sites is 2. The van der Waals surface area contributed by atoms with Crippen LogP contribution in [0.1, 0.15) is 10.4 Å². The number of hydrogen-bond donors (Lipinski definition) is 0. The molecule has 0 amide bonds. The van der Waals surface area contributed by atoms with E-state index in [0.29, 0.717) is 16.4 Å². The Bertz CT molecular complexity index is 1040. The molecule has 0 saturated carbocycles. The van der Waals surface area contributed by atoms with Crippen LogP contribution in [-0.2, 0) is 15.6 Å². The highest BCUT2D eigenvalue weighted by Crippen LogP contribution is 2.47. The van der Waals surface area contributed by atoms with Crippen LogP contribution in [-0.4, -0.2) is 19.4 Å². The minimum Gasteiger partial charge on any atom is -0.465 e. The molecule has 0 fully saturated rings. The van der Waals surface area contributed by atoms with E-state index in [1.54, 1.807) is 18.2 Å². The fourth-order valence-electron chi connectivity index (χ4n) is 3.01. The first-order chi connectivity index (χ1) is 13.9. The lowest BCUT2D eigenvalue weighted by Gasteiger charge is -2.20. The van der Waals surface area contributed by atoms with Gasteiger partial charge in [-0.05, 0) is 36.4 Å². The van der Waals surface area contributed by atoms with Crippen molar-refractivity contribution in [1.29, 1.82) is 0 Å². The van der Waals surface area contributed by atoms with Gasteiger partial charge in [-0.15, -0.1) is 13.2 Å². The molecule has 0 bridgehead atoms. The molecule has 0 saturated heterocycles. The van der Waals surface area contributed by atoms with E-state index in [0.717, 1.165) is 16.9 Å². The van der Waals surface area contributed by atoms with Gasteiger partial charge in [0.2, 0.25) is 9.79 Å². The van der Waals surface area contributed by atoms with Gasteiger partial charge in [0, 0.05) is 6.07 Å². The first-order valence-corrected chi connectivity index (χ1v) is 9.68. The van der Waals surface area contributed by atoms with Gasteiger partial charge in [0.05, 0.1) is 7.11 Å². The molecule has 0 radical (unpaired) electrons. The van der Waals surface area contributed by atoms with E-state index in [4.69, 9.17) is 4.74 Å². The molecule has 0 atom stereocenters. The van der Waals surface area contributed by atoms with E-state index in [1.807, 2.05) is 36.4 Å². The number of ether oxygens (including phenoxy) is 3. The smallest absolute Gasteiger partial charge is 0.465 e. The van der Waals surface area contributed by atoms with Crippen LogP contribution in [0, 0.1) is 0 Å². The van der Waals surface area contributed by atoms with Crippen LogP contribution in [0.5, 0.6) is 17.2 Å². The van der Waals surface area contributed by atoms with E-state index in [2.05, 4.69) is 9.47 Å². The number of halogens is 3. The Kier molecular flexibility index (Phi) is 4.87. The minimum atomic E-state index is -4.95. The molecule has 0 spiro atoms. The molecule has 0 aromatic heterocycles. The second-order valence-corrected chi connectivity index (χ2v) is 7.96. The monoisotopic (exact) mass is 419 g/mol. The Morgan fingerprint density at radius 3 is 2.07 bits per heavy atom. The van der Waals surface area contributed by atoms with Gasteiger partial charge < -0.3 is 14.2 Å². The lowest BCUT2D eigenvalue weighted by molar-refractivity contribution is -0.274. The summed E-state index contributed by atoms with van der Waals surface area (Å²) in [5.41, 5.74) is -0.299. The summed E-state index contributed by atoms with van der Waals surface area (Å²) in [6.07, 6.45) is -4.95. The average Bonchev–Trinajstić information content (AvgIpc) is 2.70. The zero-order valence-corrected chi connectivity index (χ0v) is 15.8. The van der Waals surface area contributed by atoms with Gasteiger partial charge in [-0.25, -0.2) is 4.79 Å². The maximum atomic E-state index is 12.9. The lowest BCUT2D eigenvalue weighted by atomic mass is 10.2. The Balaban J connectivity index is 1.89. The summed E-state index contributed by atoms with van der Waals surface area (Å²) in [7, 11) is 0.353. The Hall–Kier alpha value is -3.13. The van der Waals surface area contributed by atoms with Crippen LogP contribution in [0.15, 0.2) is 81.4 Å². The number of alkyl halides is 3. The molecule has 4 rings (SSSR count). The van der Waals surface area contributed by atoms with Gasteiger partial charge >= 0.3 is 12.3 Å². The molecule has 29 heavy (non-hydrogen) atoms. The number of esters is 1. The number of benzene rings is 3. The number of carbonyl (C=O) groups excluding carboxylic acids is 1. The van der Waals surface area contributed by atoms with Crippen molar-refractivity contribution in [1.82, 2.24) is 0 Å². The van der Waals surface area contributed by atoms with Crippen molar-refractivity contribution in [2.45, 2.75) is 21.0 Å². The Labute approximate surface area is 167 Å². The van der Waals surface area contributed by atoms with Crippen LogP contribution < -0.4 is 9.47 Å². The highest BCUT2D eigenvalue weighted by atomic mass is 32.2. The average molecular weight is 419 g/mol. The number of carbonyl (C=O) groups is 1. The third kappa shape index (κ3) is 3.75. The molecule has 0 unspecified atom stereocenters. The van der Waals surface area contributed by atoms with Crippen molar-refractivity contribution in [3.8, 4) is 17.2 Å². The quantitative estimate of drug-likeness (QED) is 0.322. The van der Waals surface area contributed by atoms with Crippen molar-refractivity contribution in [2.24, 2.45) is 0 Å². The molecular formula is C21H14F3O4S+. The number of hydrogen-bond acceptors (Lipinski definition) is 4. The SMILES string of the molecule is COC(=O)c1ccc([S+]2c3ccccc3Oc3ccccc32)cc1OC(F)(F)F. The van der Waals surface area contributed by atoms with Crippen LogP contribution in [0.4, 0.5) is 13.2 Å². The summed E-state index contributed by atoms with van der Waals surface area (Å²) in [5.74, 6) is -0.252. The minimum absolute atomic E-state index is 0.299. The van der Waals surface area contributed by atoms with Crippen molar-refractivity contribution in [2.75, 3.05) is 7.11 Å². The molecule has 148 valence electrons. The standard InChI is InChI=1S/C21H14F3O4S/c1-26-20(25)14-11-10-13(12-17(14)28-21(22,23)24)29-18-8-4-2-6-15(18)27-16-7-3-5-9-19(16)29/h2-12H,1H3/q+1. The molecule has 1 aliphatic heterocycles. The normalized spacial score (nSPS) is 13.1. The van der Waals surface area contributed by atoms with Crippen LogP contribution >= 0.6 is 0 Å². The molecule has 8 heteroatoms. The first kappa shape index (κ1) is 19.2. The van der Waals surface area contributed by atoms with Crippen LogP contribution in [0.25, 0.3) is 0 Å². The van der Waals surface area contributed by atoms with Gasteiger partial charge in [0.25, 0.3) is 0 Å². The van der Waals surface area contributed by atoms with E-state index in [9.17, 15) is 18.0 Å². The molecule has 1 aliphatic rings. The van der Waals surface area contributed by atoms with Crippen molar-refractivity contribution in [3.63, 3.8) is 0 Å². The molecule has 0 N–H and O–H groups in total. The van der Waals surface area contributed by atoms with Gasteiger partial charge in [-0.1, -0.05) is 24.3 Å². The summed E-state index contributed by atoms with van der Waals surface area (Å²) in [4.78, 5) is 14.1. The van der Waals surface area contributed by atoms with E-state index >= 15 is 0 Å². The molecule has 4 nitrogen and oxygen atoms in total. The molecule has 0 aliphatic carbocycles. The Morgan fingerprint density at radius 1 is 0.931 bits per heavy atom. The first-order valence-electron chi connectivity index (χ1n) is 8.46. The predicted molar refractivity (Wildman–Crippen MR) is 99.6 cm³/mol. The number of rotatable bonds is 3. The highest BCUT2D eigenvalue weighted by Gasteiger charge is 2.41. The predicted octanol–water partition coefficient (Wildman–Crippen LogP) is 5.57. The van der Waals surface area contributed by atoms with Crippen molar-refractivity contribution >= 4 is 16.9 Å². The molecule has 3 aromatic carbocycles. The fourth-order valence-corrected chi connectivity index (χ4v) is 5.24. The van der Waals surface area contributed by atoms with E-state index in [1.165, 1.54) is 12.1 Å². The summed E-state index contributed by atoms with van der Waals surface area (Å²) >= 11 is 0. The van der Waals surface area contributed by atoms with Crippen molar-refractivity contribution < 1.29 is 32.2 Å². The number of fused-ring (bicyclic) bond motifs is 2. The zero-order valence-electron chi connectivity index (χ0n) is 15.0.